The highest BCUT2D eigenvalue weighted by molar-refractivity contribution is 5.97. The molecule has 2 amide bonds. The number of amides is 2. The molecule has 166 valence electrons. The van der Waals surface area contributed by atoms with Crippen LogP contribution in [0.2, 0.25) is 0 Å². The van der Waals surface area contributed by atoms with E-state index in [1.54, 1.807) is 0 Å². The summed E-state index contributed by atoms with van der Waals surface area (Å²) >= 11 is 0. The normalized spacial score (nSPS) is 19.4. The predicted octanol–water partition coefficient (Wildman–Crippen LogP) is 0.380. The van der Waals surface area contributed by atoms with Crippen molar-refractivity contribution >= 4 is 17.5 Å². The number of quaternary nitrogens is 2. The van der Waals surface area contributed by atoms with Crippen LogP contribution in [-0.4, -0.2) is 57.1 Å². The van der Waals surface area contributed by atoms with Crippen LogP contribution in [0, 0.1) is 0 Å². The molecule has 31 heavy (non-hydrogen) atoms. The number of anilines is 1. The molecule has 1 aliphatic rings. The van der Waals surface area contributed by atoms with Crippen LogP contribution in [0.15, 0.2) is 54.6 Å². The van der Waals surface area contributed by atoms with Crippen LogP contribution in [0.25, 0.3) is 11.1 Å². The van der Waals surface area contributed by atoms with Gasteiger partial charge in [0, 0.05) is 17.8 Å². The lowest BCUT2D eigenvalue weighted by Gasteiger charge is -2.32. The molecule has 0 unspecified atom stereocenters. The molecule has 0 aromatic heterocycles. The quantitative estimate of drug-likeness (QED) is 0.440. The number of hydrogen-bond acceptors (Lipinski definition) is 2. The number of benzene rings is 2. The maximum absolute atomic E-state index is 13.0. The fourth-order valence-corrected chi connectivity index (χ4v) is 4.12. The fraction of sp³-hybridized carbons (Fsp3) is 0.440. The van der Waals surface area contributed by atoms with Crippen molar-refractivity contribution in [1.29, 1.82) is 0 Å². The van der Waals surface area contributed by atoms with Crippen molar-refractivity contribution in [2.75, 3.05) is 44.6 Å². The van der Waals surface area contributed by atoms with E-state index in [0.29, 0.717) is 6.54 Å². The molecule has 1 fully saturated rings. The Hall–Kier alpha value is -2.70. The smallest absolute Gasteiger partial charge is 0.282 e. The van der Waals surface area contributed by atoms with Gasteiger partial charge < -0.3 is 20.4 Å². The molecule has 0 spiro atoms. The van der Waals surface area contributed by atoms with Crippen molar-refractivity contribution in [3.63, 3.8) is 0 Å². The van der Waals surface area contributed by atoms with Crippen molar-refractivity contribution in [1.82, 2.24) is 5.32 Å². The lowest BCUT2D eigenvalue weighted by Crippen LogP contribution is -3.30. The summed E-state index contributed by atoms with van der Waals surface area (Å²) in [5.74, 6) is 0.175. The van der Waals surface area contributed by atoms with Gasteiger partial charge in [-0.25, -0.2) is 0 Å². The summed E-state index contributed by atoms with van der Waals surface area (Å²) < 4.78 is 0. The number of nitrogens with one attached hydrogen (secondary N) is 4. The van der Waals surface area contributed by atoms with Gasteiger partial charge in [-0.1, -0.05) is 61.9 Å². The molecule has 2 aromatic rings. The monoisotopic (exact) mass is 424 g/mol. The Balaban J connectivity index is 1.51. The molecule has 1 aliphatic heterocycles. The topological polar surface area (TPSA) is 67.1 Å². The van der Waals surface area contributed by atoms with Crippen LogP contribution in [0.5, 0.6) is 0 Å². The number of piperazine rings is 1. The van der Waals surface area contributed by atoms with Crippen molar-refractivity contribution in [3.05, 3.63) is 54.6 Å². The molecule has 0 bridgehead atoms. The zero-order valence-corrected chi connectivity index (χ0v) is 18.7. The second-order valence-corrected chi connectivity index (χ2v) is 8.41. The van der Waals surface area contributed by atoms with Crippen LogP contribution in [-0.2, 0) is 9.59 Å². The number of unbranched alkanes of at least 4 members (excludes halogenated alkanes) is 1. The van der Waals surface area contributed by atoms with Gasteiger partial charge in [0.1, 0.15) is 26.2 Å². The molecule has 1 heterocycles. The summed E-state index contributed by atoms with van der Waals surface area (Å²) in [4.78, 5) is 27.6. The number of rotatable bonds is 9. The van der Waals surface area contributed by atoms with Gasteiger partial charge in [-0.2, -0.15) is 0 Å². The zero-order chi connectivity index (χ0) is 22.1. The summed E-state index contributed by atoms with van der Waals surface area (Å²) in [6.45, 7) is 9.03. The molecule has 0 saturated carbocycles. The first kappa shape index (κ1) is 23.0. The Morgan fingerprint density at radius 2 is 1.65 bits per heavy atom. The number of carbonyl (C=O) groups is 2. The highest BCUT2D eigenvalue weighted by Gasteiger charge is 2.32. The molecule has 1 saturated heterocycles. The van der Waals surface area contributed by atoms with Crippen molar-refractivity contribution < 1.29 is 19.4 Å². The second kappa shape index (κ2) is 11.6. The van der Waals surface area contributed by atoms with E-state index in [1.165, 1.54) is 9.80 Å². The lowest BCUT2D eigenvalue weighted by atomic mass is 10.0. The van der Waals surface area contributed by atoms with Crippen LogP contribution >= 0.6 is 0 Å². The zero-order valence-electron chi connectivity index (χ0n) is 18.7. The van der Waals surface area contributed by atoms with E-state index >= 15 is 0 Å². The van der Waals surface area contributed by atoms with Gasteiger partial charge in [0.2, 0.25) is 0 Å². The first-order valence-electron chi connectivity index (χ1n) is 11.5. The first-order valence-corrected chi connectivity index (χ1v) is 11.5. The van der Waals surface area contributed by atoms with Gasteiger partial charge in [0.25, 0.3) is 11.8 Å². The Kier molecular flexibility index (Phi) is 8.62. The van der Waals surface area contributed by atoms with Gasteiger partial charge in [0.15, 0.2) is 12.6 Å². The standard InChI is InChI=1S/C25H34N4O2/c1-3-4-14-26-24(30)19-28-15-17-29(18-16-28)20(2)25(31)27-23-13-9-8-12-22(23)21-10-6-5-7-11-21/h5-13,20H,3-4,14-19H2,1-2H3,(H,26,30)(H,27,31)/p+2/t20-/m1/s1. The molecule has 6 nitrogen and oxygen atoms in total. The van der Waals surface area contributed by atoms with Crippen molar-refractivity contribution in [3.8, 4) is 11.1 Å². The van der Waals surface area contributed by atoms with Gasteiger partial charge in [0.05, 0.1) is 0 Å². The number of carbonyl (C=O) groups excluding carboxylic acids is 2. The molecule has 3 rings (SSSR count). The van der Waals surface area contributed by atoms with Gasteiger partial charge >= 0.3 is 0 Å². The van der Waals surface area contributed by atoms with E-state index in [1.807, 2.05) is 49.4 Å². The summed E-state index contributed by atoms with van der Waals surface area (Å²) in [5, 5.41) is 6.15. The van der Waals surface area contributed by atoms with Gasteiger partial charge in [-0.15, -0.1) is 0 Å². The fourth-order valence-electron chi connectivity index (χ4n) is 4.12. The average Bonchev–Trinajstić information content (AvgIpc) is 2.80. The van der Waals surface area contributed by atoms with Crippen molar-refractivity contribution in [2.45, 2.75) is 32.7 Å². The van der Waals surface area contributed by atoms with E-state index in [9.17, 15) is 9.59 Å². The minimum absolute atomic E-state index is 0.0409. The SMILES string of the molecule is CCCCNC(=O)C[NH+]1CC[NH+]([C@H](C)C(=O)Nc2ccccc2-c2ccccc2)CC1. The minimum Gasteiger partial charge on any atom is -0.351 e. The predicted molar refractivity (Wildman–Crippen MR) is 124 cm³/mol. The molecule has 4 N–H and O–H groups in total. The van der Waals surface area contributed by atoms with Gasteiger partial charge in [-0.3, -0.25) is 9.59 Å². The van der Waals surface area contributed by atoms with E-state index in [0.717, 1.165) is 62.4 Å². The minimum atomic E-state index is -0.135. The lowest BCUT2D eigenvalue weighted by molar-refractivity contribution is -1.01. The van der Waals surface area contributed by atoms with Crippen LogP contribution < -0.4 is 20.4 Å². The Morgan fingerprint density at radius 1 is 0.968 bits per heavy atom. The van der Waals surface area contributed by atoms with E-state index < -0.39 is 0 Å². The summed E-state index contributed by atoms with van der Waals surface area (Å²) in [6, 6.07) is 17.9. The maximum atomic E-state index is 13.0. The molecular formula is C25H36N4O2+2. The van der Waals surface area contributed by atoms with Crippen LogP contribution in [0.1, 0.15) is 26.7 Å². The third-order valence-corrected chi connectivity index (χ3v) is 6.14. The second-order valence-electron chi connectivity index (χ2n) is 8.41. The van der Waals surface area contributed by atoms with E-state index in [2.05, 4.69) is 29.7 Å². The average molecular weight is 425 g/mol. The Labute approximate surface area is 185 Å². The molecule has 2 aromatic carbocycles. The van der Waals surface area contributed by atoms with Crippen LogP contribution in [0.4, 0.5) is 5.69 Å². The highest BCUT2D eigenvalue weighted by Crippen LogP contribution is 2.27. The van der Waals surface area contributed by atoms with E-state index in [-0.39, 0.29) is 17.9 Å². The first-order chi connectivity index (χ1) is 15.1. The summed E-state index contributed by atoms with van der Waals surface area (Å²) in [7, 11) is 0. The maximum Gasteiger partial charge on any atom is 0.282 e. The van der Waals surface area contributed by atoms with Gasteiger partial charge in [-0.05, 0) is 25.0 Å². The van der Waals surface area contributed by atoms with Crippen LogP contribution in [0.3, 0.4) is 0 Å². The molecule has 0 aliphatic carbocycles. The Morgan fingerprint density at radius 3 is 2.35 bits per heavy atom. The Bertz CT molecular complexity index is 848. The molecule has 1 atom stereocenters. The van der Waals surface area contributed by atoms with E-state index in [4.69, 9.17) is 0 Å². The highest BCUT2D eigenvalue weighted by atomic mass is 16.2. The molecular weight excluding hydrogens is 388 g/mol. The molecule has 6 heteroatoms. The van der Waals surface area contributed by atoms with Crippen molar-refractivity contribution in [2.24, 2.45) is 0 Å². The summed E-state index contributed by atoms with van der Waals surface area (Å²) in [6.07, 6.45) is 2.12. The molecule has 0 radical (unpaired) electrons. The third kappa shape index (κ3) is 6.64. The largest absolute Gasteiger partial charge is 0.351 e. The summed E-state index contributed by atoms with van der Waals surface area (Å²) in [5.41, 5.74) is 2.97. The number of para-hydroxylation sites is 1. The number of hydrogen-bond donors (Lipinski definition) is 4. The third-order valence-electron chi connectivity index (χ3n) is 6.14.